The van der Waals surface area contributed by atoms with E-state index in [1.807, 2.05) is 42.5 Å². The van der Waals surface area contributed by atoms with Gasteiger partial charge in [-0.15, -0.1) is 0 Å². The van der Waals surface area contributed by atoms with Crippen molar-refractivity contribution >= 4 is 27.6 Å². The predicted octanol–water partition coefficient (Wildman–Crippen LogP) is 3.50. The Morgan fingerprint density at radius 2 is 1.88 bits per heavy atom. The molecule has 0 amide bonds. The molecule has 24 heavy (non-hydrogen) atoms. The predicted molar refractivity (Wildman–Crippen MR) is 97.5 cm³/mol. The van der Waals surface area contributed by atoms with Crippen LogP contribution in [-0.2, 0) is 4.79 Å². The number of nitrogens with one attached hydrogen (secondary N) is 2. The topological polar surface area (TPSA) is 81.6 Å². The molecule has 2 unspecified atom stereocenters. The number of hydrogen-bond donors (Lipinski definition) is 4. The Morgan fingerprint density at radius 3 is 2.50 bits per heavy atom. The second kappa shape index (κ2) is 8.63. The van der Waals surface area contributed by atoms with Crippen LogP contribution in [0.4, 0.5) is 5.69 Å². The highest BCUT2D eigenvalue weighted by Crippen LogP contribution is 2.23. The number of anilines is 1. The van der Waals surface area contributed by atoms with E-state index in [-0.39, 0.29) is 6.42 Å². The van der Waals surface area contributed by atoms with Crippen LogP contribution >= 0.6 is 15.9 Å². The molecule has 5 nitrogen and oxygen atoms in total. The molecule has 2 aromatic rings. The molecular weight excluding hydrogens is 372 g/mol. The monoisotopic (exact) mass is 390 g/mol. The fraction of sp³-hybridized carbons (Fsp3) is 0.167. The second-order valence-electron chi connectivity index (χ2n) is 5.35. The fourth-order valence-electron chi connectivity index (χ4n) is 2.18. The van der Waals surface area contributed by atoms with Gasteiger partial charge < -0.3 is 15.6 Å². The number of aliphatic carboxylic acids is 1. The molecule has 0 bridgehead atoms. The maximum Gasteiger partial charge on any atom is 0.322 e. The quantitative estimate of drug-likeness (QED) is 0.409. The number of carboxylic acid groups (broad SMARTS) is 1. The largest absolute Gasteiger partial charge is 0.480 e. The van der Waals surface area contributed by atoms with Crippen molar-refractivity contribution in [1.82, 2.24) is 5.43 Å². The summed E-state index contributed by atoms with van der Waals surface area (Å²) < 4.78 is 0.880. The van der Waals surface area contributed by atoms with E-state index >= 15 is 0 Å². The maximum absolute atomic E-state index is 11.4. The standard InChI is InChI=1S/C18H19BrN2O3/c1-12(17(22)13-6-3-2-4-7-13)10-16(18(23)24)21-20-15-9-5-8-14(19)11-15/h2-9,11,16-17,20-22H,1,10H2,(H,23,24). The summed E-state index contributed by atoms with van der Waals surface area (Å²) in [6.45, 7) is 3.83. The van der Waals surface area contributed by atoms with E-state index in [9.17, 15) is 15.0 Å². The zero-order valence-electron chi connectivity index (χ0n) is 12.9. The molecule has 0 saturated heterocycles. The third kappa shape index (κ3) is 5.19. The van der Waals surface area contributed by atoms with Gasteiger partial charge in [0.25, 0.3) is 0 Å². The van der Waals surface area contributed by atoms with Gasteiger partial charge in [-0.25, -0.2) is 5.43 Å². The summed E-state index contributed by atoms with van der Waals surface area (Å²) in [6.07, 6.45) is -0.812. The van der Waals surface area contributed by atoms with Crippen LogP contribution in [0.1, 0.15) is 18.1 Å². The van der Waals surface area contributed by atoms with Gasteiger partial charge in [0, 0.05) is 10.2 Å². The van der Waals surface area contributed by atoms with Gasteiger partial charge in [-0.2, -0.15) is 0 Å². The maximum atomic E-state index is 11.4. The molecule has 0 spiro atoms. The molecule has 0 radical (unpaired) electrons. The van der Waals surface area contributed by atoms with E-state index in [2.05, 4.69) is 33.4 Å². The number of aliphatic hydroxyl groups excluding tert-OH is 1. The Balaban J connectivity index is 1.98. The van der Waals surface area contributed by atoms with Gasteiger partial charge in [-0.1, -0.05) is 58.9 Å². The Morgan fingerprint density at radius 1 is 1.17 bits per heavy atom. The number of benzene rings is 2. The van der Waals surface area contributed by atoms with Crippen molar-refractivity contribution in [2.24, 2.45) is 0 Å². The van der Waals surface area contributed by atoms with Crippen LogP contribution in [0, 0.1) is 0 Å². The SMILES string of the molecule is C=C(CC(NNc1cccc(Br)c1)C(=O)O)C(O)c1ccccc1. The summed E-state index contributed by atoms with van der Waals surface area (Å²) in [6, 6.07) is 15.4. The number of aliphatic hydroxyl groups is 1. The summed E-state index contributed by atoms with van der Waals surface area (Å²) >= 11 is 3.35. The third-order valence-corrected chi connectivity index (χ3v) is 3.98. The van der Waals surface area contributed by atoms with Crippen LogP contribution < -0.4 is 10.9 Å². The van der Waals surface area contributed by atoms with E-state index in [0.29, 0.717) is 11.1 Å². The number of carboxylic acids is 1. The summed E-state index contributed by atoms with van der Waals surface area (Å²) in [4.78, 5) is 11.4. The van der Waals surface area contributed by atoms with Crippen molar-refractivity contribution in [1.29, 1.82) is 0 Å². The van der Waals surface area contributed by atoms with Crippen LogP contribution in [0.5, 0.6) is 0 Å². The van der Waals surface area contributed by atoms with Gasteiger partial charge in [0.2, 0.25) is 0 Å². The van der Waals surface area contributed by atoms with Crippen molar-refractivity contribution in [2.75, 3.05) is 5.43 Å². The third-order valence-electron chi connectivity index (χ3n) is 3.48. The molecule has 0 saturated carbocycles. The minimum atomic E-state index is -1.03. The van der Waals surface area contributed by atoms with E-state index in [1.165, 1.54) is 0 Å². The number of hydrogen-bond acceptors (Lipinski definition) is 4. The highest BCUT2D eigenvalue weighted by molar-refractivity contribution is 9.10. The lowest BCUT2D eigenvalue weighted by molar-refractivity contribution is -0.139. The lowest BCUT2D eigenvalue weighted by Crippen LogP contribution is -2.40. The number of rotatable bonds is 8. The van der Waals surface area contributed by atoms with Gasteiger partial charge >= 0.3 is 5.97 Å². The van der Waals surface area contributed by atoms with Crippen LogP contribution in [-0.4, -0.2) is 22.2 Å². The van der Waals surface area contributed by atoms with E-state index in [1.54, 1.807) is 12.1 Å². The molecule has 126 valence electrons. The van der Waals surface area contributed by atoms with Crippen LogP contribution in [0.3, 0.4) is 0 Å². The molecule has 6 heteroatoms. The smallest absolute Gasteiger partial charge is 0.322 e. The highest BCUT2D eigenvalue weighted by Gasteiger charge is 2.22. The first-order valence-corrected chi connectivity index (χ1v) is 8.17. The Bertz CT molecular complexity index is 706. The molecule has 2 aromatic carbocycles. The molecular formula is C18H19BrN2O3. The molecule has 0 aliphatic rings. The minimum absolute atomic E-state index is 0.0897. The Labute approximate surface area is 149 Å². The van der Waals surface area contributed by atoms with Crippen molar-refractivity contribution < 1.29 is 15.0 Å². The van der Waals surface area contributed by atoms with Crippen LogP contribution in [0.2, 0.25) is 0 Å². The first-order valence-electron chi connectivity index (χ1n) is 7.38. The molecule has 0 fully saturated rings. The van der Waals surface area contributed by atoms with Crippen molar-refractivity contribution in [3.63, 3.8) is 0 Å². The lowest BCUT2D eigenvalue weighted by atomic mass is 9.97. The summed E-state index contributed by atoms with van der Waals surface area (Å²) in [5, 5.41) is 19.7. The van der Waals surface area contributed by atoms with E-state index < -0.39 is 18.1 Å². The van der Waals surface area contributed by atoms with Crippen LogP contribution in [0.25, 0.3) is 0 Å². The Kier molecular flexibility index (Phi) is 6.54. The summed E-state index contributed by atoms with van der Waals surface area (Å²) in [5.41, 5.74) is 7.47. The Hall–Kier alpha value is -2.15. The zero-order chi connectivity index (χ0) is 17.5. The normalized spacial score (nSPS) is 13.1. The van der Waals surface area contributed by atoms with Crippen molar-refractivity contribution in [3.8, 4) is 0 Å². The van der Waals surface area contributed by atoms with Gasteiger partial charge in [0.05, 0.1) is 6.10 Å². The van der Waals surface area contributed by atoms with Gasteiger partial charge in [0.1, 0.15) is 6.04 Å². The molecule has 4 N–H and O–H groups in total. The number of hydrazine groups is 1. The first kappa shape index (κ1) is 18.2. The number of halogens is 1. The summed E-state index contributed by atoms with van der Waals surface area (Å²) in [7, 11) is 0. The minimum Gasteiger partial charge on any atom is -0.480 e. The van der Waals surface area contributed by atoms with Crippen LogP contribution in [0.15, 0.2) is 71.2 Å². The van der Waals surface area contributed by atoms with E-state index in [0.717, 1.165) is 10.2 Å². The molecule has 0 aromatic heterocycles. The van der Waals surface area contributed by atoms with Gasteiger partial charge in [0.15, 0.2) is 0 Å². The molecule has 2 rings (SSSR count). The number of carbonyl (C=O) groups is 1. The van der Waals surface area contributed by atoms with Crippen molar-refractivity contribution in [3.05, 3.63) is 76.8 Å². The van der Waals surface area contributed by atoms with E-state index in [4.69, 9.17) is 0 Å². The molecule has 0 aliphatic heterocycles. The average Bonchev–Trinajstić information content (AvgIpc) is 2.58. The zero-order valence-corrected chi connectivity index (χ0v) is 14.5. The van der Waals surface area contributed by atoms with Gasteiger partial charge in [-0.05, 0) is 35.8 Å². The highest BCUT2D eigenvalue weighted by atomic mass is 79.9. The van der Waals surface area contributed by atoms with Gasteiger partial charge in [-0.3, -0.25) is 4.79 Å². The first-order chi connectivity index (χ1) is 11.5. The lowest BCUT2D eigenvalue weighted by Gasteiger charge is -2.20. The molecule has 0 aliphatic carbocycles. The fourth-order valence-corrected chi connectivity index (χ4v) is 2.58. The molecule has 0 heterocycles. The second-order valence-corrected chi connectivity index (χ2v) is 6.26. The summed E-state index contributed by atoms with van der Waals surface area (Å²) in [5.74, 6) is -1.03. The average molecular weight is 391 g/mol. The van der Waals surface area contributed by atoms with Crippen molar-refractivity contribution in [2.45, 2.75) is 18.6 Å². The molecule has 2 atom stereocenters.